The number of hydrogen-bond donors (Lipinski definition) is 2. The smallest absolute Gasteiger partial charge is 0.299 e. The van der Waals surface area contributed by atoms with E-state index in [1.54, 1.807) is 23.6 Å². The van der Waals surface area contributed by atoms with Crippen molar-refractivity contribution >= 4 is 46.5 Å². The van der Waals surface area contributed by atoms with Gasteiger partial charge in [0.2, 0.25) is 5.95 Å². The van der Waals surface area contributed by atoms with Crippen LogP contribution in [0.3, 0.4) is 0 Å². The average molecular weight is 407 g/mol. The summed E-state index contributed by atoms with van der Waals surface area (Å²) >= 11 is 12.0. The summed E-state index contributed by atoms with van der Waals surface area (Å²) < 4.78 is 2.84. The van der Waals surface area contributed by atoms with Gasteiger partial charge in [0.15, 0.2) is 11.2 Å². The summed E-state index contributed by atoms with van der Waals surface area (Å²) in [5.74, 6) is 0.286. The van der Waals surface area contributed by atoms with Crippen LogP contribution in [-0.2, 0) is 13.6 Å². The van der Waals surface area contributed by atoms with Crippen LogP contribution in [0.1, 0.15) is 12.5 Å². The molecular formula is C17H16Cl2N6O2. The number of allylic oxidation sites excluding steroid dienone is 2. The molecule has 10 heteroatoms. The number of anilines is 1. The molecule has 0 amide bonds. The highest BCUT2D eigenvalue weighted by Gasteiger charge is 2.16. The summed E-state index contributed by atoms with van der Waals surface area (Å²) in [4.78, 5) is 30.7. The first-order valence-corrected chi connectivity index (χ1v) is 8.69. The SMILES string of the molecule is CC(Cl)=CCn1c(NN=Cc2ccccc2Cl)nc2c1c(=O)[nH]c(=O)n2C. The minimum absolute atomic E-state index is 0.236. The van der Waals surface area contributed by atoms with Gasteiger partial charge in [-0.15, -0.1) is 0 Å². The molecule has 0 saturated carbocycles. The molecule has 0 unspecified atom stereocenters. The van der Waals surface area contributed by atoms with Crippen LogP contribution in [0.25, 0.3) is 11.2 Å². The molecule has 8 nitrogen and oxygen atoms in total. The van der Waals surface area contributed by atoms with Gasteiger partial charge in [-0.25, -0.2) is 10.2 Å². The zero-order chi connectivity index (χ0) is 19.6. The lowest BCUT2D eigenvalue weighted by Crippen LogP contribution is -2.29. The van der Waals surface area contributed by atoms with E-state index in [9.17, 15) is 9.59 Å². The molecule has 0 aliphatic rings. The van der Waals surface area contributed by atoms with Crippen LogP contribution >= 0.6 is 23.2 Å². The van der Waals surface area contributed by atoms with Crippen LogP contribution in [0.4, 0.5) is 5.95 Å². The number of rotatable bonds is 5. The van der Waals surface area contributed by atoms with E-state index in [1.165, 1.54) is 17.8 Å². The molecule has 0 spiro atoms. The van der Waals surface area contributed by atoms with E-state index in [1.807, 2.05) is 18.2 Å². The third kappa shape index (κ3) is 3.96. The van der Waals surface area contributed by atoms with E-state index < -0.39 is 11.2 Å². The van der Waals surface area contributed by atoms with Crippen LogP contribution in [0, 0.1) is 0 Å². The van der Waals surface area contributed by atoms with Gasteiger partial charge in [-0.1, -0.05) is 47.5 Å². The lowest BCUT2D eigenvalue weighted by molar-refractivity contribution is 0.818. The Labute approximate surface area is 163 Å². The van der Waals surface area contributed by atoms with E-state index in [0.29, 0.717) is 10.1 Å². The fourth-order valence-electron chi connectivity index (χ4n) is 2.45. The van der Waals surface area contributed by atoms with Gasteiger partial charge in [-0.2, -0.15) is 10.1 Å². The molecule has 2 aromatic heterocycles. The largest absolute Gasteiger partial charge is 0.329 e. The fourth-order valence-corrected chi connectivity index (χ4v) is 2.71. The summed E-state index contributed by atoms with van der Waals surface area (Å²) in [5, 5.41) is 5.25. The van der Waals surface area contributed by atoms with Crippen molar-refractivity contribution in [1.29, 1.82) is 0 Å². The molecule has 0 radical (unpaired) electrons. The molecule has 140 valence electrons. The minimum atomic E-state index is -0.549. The summed E-state index contributed by atoms with van der Waals surface area (Å²) in [6.45, 7) is 2.00. The van der Waals surface area contributed by atoms with Crippen molar-refractivity contribution in [3.63, 3.8) is 0 Å². The third-order valence-electron chi connectivity index (χ3n) is 3.84. The van der Waals surface area contributed by atoms with Crippen molar-refractivity contribution in [1.82, 2.24) is 19.1 Å². The second-order valence-corrected chi connectivity index (χ2v) is 6.72. The van der Waals surface area contributed by atoms with Crippen LogP contribution < -0.4 is 16.7 Å². The second-order valence-electron chi connectivity index (χ2n) is 5.72. The molecule has 2 heterocycles. The molecule has 3 rings (SSSR count). The summed E-state index contributed by atoms with van der Waals surface area (Å²) in [6.07, 6.45) is 3.26. The first-order chi connectivity index (χ1) is 12.9. The average Bonchev–Trinajstić information content (AvgIpc) is 2.99. The van der Waals surface area contributed by atoms with Crippen LogP contribution in [0.2, 0.25) is 5.02 Å². The normalized spacial score (nSPS) is 12.2. The molecule has 27 heavy (non-hydrogen) atoms. The number of aromatic nitrogens is 4. The highest BCUT2D eigenvalue weighted by Crippen LogP contribution is 2.17. The topological polar surface area (TPSA) is 97.1 Å². The summed E-state index contributed by atoms with van der Waals surface area (Å²) in [7, 11) is 1.53. The van der Waals surface area contributed by atoms with Crippen molar-refractivity contribution in [2.75, 3.05) is 5.43 Å². The monoisotopic (exact) mass is 406 g/mol. The maximum absolute atomic E-state index is 12.3. The Balaban J connectivity index is 2.07. The van der Waals surface area contributed by atoms with Gasteiger partial charge in [-0.3, -0.25) is 18.9 Å². The van der Waals surface area contributed by atoms with E-state index in [2.05, 4.69) is 20.5 Å². The maximum atomic E-state index is 12.3. The van der Waals surface area contributed by atoms with Crippen LogP contribution in [0.5, 0.6) is 0 Å². The highest BCUT2D eigenvalue weighted by molar-refractivity contribution is 6.33. The molecule has 0 aliphatic heterocycles. The Kier molecular flexibility index (Phi) is 5.48. The van der Waals surface area contributed by atoms with E-state index >= 15 is 0 Å². The van der Waals surface area contributed by atoms with Crippen LogP contribution in [0.15, 0.2) is 50.1 Å². The zero-order valence-corrected chi connectivity index (χ0v) is 16.0. The first-order valence-electron chi connectivity index (χ1n) is 7.94. The summed E-state index contributed by atoms with van der Waals surface area (Å²) in [6, 6.07) is 7.22. The van der Waals surface area contributed by atoms with Crippen molar-refractivity contribution in [2.45, 2.75) is 13.5 Å². The lowest BCUT2D eigenvalue weighted by atomic mass is 10.2. The number of benzene rings is 1. The number of nitrogens with zero attached hydrogens (tertiary/aromatic N) is 4. The Morgan fingerprint density at radius 3 is 2.81 bits per heavy atom. The van der Waals surface area contributed by atoms with E-state index in [4.69, 9.17) is 23.2 Å². The van der Waals surface area contributed by atoms with E-state index in [0.717, 1.165) is 5.56 Å². The van der Waals surface area contributed by atoms with Crippen LogP contribution in [-0.4, -0.2) is 25.3 Å². The van der Waals surface area contributed by atoms with E-state index in [-0.39, 0.29) is 23.7 Å². The van der Waals surface area contributed by atoms with Crippen molar-refractivity contribution < 1.29 is 0 Å². The third-order valence-corrected chi connectivity index (χ3v) is 4.33. The zero-order valence-electron chi connectivity index (χ0n) is 14.5. The van der Waals surface area contributed by atoms with Gasteiger partial charge in [0, 0.05) is 29.2 Å². The number of hydrazone groups is 1. The number of hydrogen-bond acceptors (Lipinski definition) is 5. The Bertz CT molecular complexity index is 1170. The number of imidazole rings is 1. The van der Waals surface area contributed by atoms with Gasteiger partial charge in [0.25, 0.3) is 5.56 Å². The molecule has 0 fully saturated rings. The summed E-state index contributed by atoms with van der Waals surface area (Å²) in [5.41, 5.74) is 2.90. The molecule has 0 saturated heterocycles. The quantitative estimate of drug-likeness (QED) is 0.502. The number of nitrogens with one attached hydrogen (secondary N) is 2. The Morgan fingerprint density at radius 1 is 1.37 bits per heavy atom. The number of H-pyrrole nitrogens is 1. The predicted octanol–water partition coefficient (Wildman–Crippen LogP) is 2.67. The fraction of sp³-hybridized carbons (Fsp3) is 0.176. The van der Waals surface area contributed by atoms with Gasteiger partial charge in [0.1, 0.15) is 0 Å². The number of aromatic amines is 1. The highest BCUT2D eigenvalue weighted by atomic mass is 35.5. The predicted molar refractivity (Wildman–Crippen MR) is 108 cm³/mol. The Morgan fingerprint density at radius 2 is 2.11 bits per heavy atom. The molecule has 1 aromatic carbocycles. The first kappa shape index (κ1) is 18.9. The molecule has 0 bridgehead atoms. The molecule has 0 aliphatic carbocycles. The van der Waals surface area contributed by atoms with Gasteiger partial charge in [-0.05, 0) is 13.0 Å². The maximum Gasteiger partial charge on any atom is 0.329 e. The molecule has 2 N–H and O–H groups in total. The lowest BCUT2D eigenvalue weighted by Gasteiger charge is -2.05. The van der Waals surface area contributed by atoms with Gasteiger partial charge in [0.05, 0.1) is 6.21 Å². The number of halogens is 2. The molecule has 0 atom stereocenters. The second kappa shape index (κ2) is 7.81. The standard InChI is InChI=1S/C17H16Cl2N6O2/c1-10(18)7-8-25-13-14(24(2)17(27)22-15(13)26)21-16(25)23-20-9-11-5-3-4-6-12(11)19/h3-7,9H,8H2,1-2H3,(H,21,23)(H,22,26,27). The van der Waals surface area contributed by atoms with Crippen molar-refractivity contribution in [2.24, 2.45) is 12.1 Å². The minimum Gasteiger partial charge on any atom is -0.299 e. The molecular weight excluding hydrogens is 391 g/mol. The van der Waals surface area contributed by atoms with Crippen molar-refractivity contribution in [3.05, 3.63) is 66.8 Å². The molecule has 3 aromatic rings. The Hall–Kier alpha value is -2.84. The number of aryl methyl sites for hydroxylation is 1. The van der Waals surface area contributed by atoms with Gasteiger partial charge < -0.3 is 0 Å². The number of fused-ring (bicyclic) bond motifs is 1. The van der Waals surface area contributed by atoms with Crippen molar-refractivity contribution in [3.8, 4) is 0 Å². The van der Waals surface area contributed by atoms with Gasteiger partial charge >= 0.3 is 5.69 Å².